The van der Waals surface area contributed by atoms with E-state index in [1.807, 2.05) is 17.0 Å². The van der Waals surface area contributed by atoms with E-state index >= 15 is 0 Å². The first kappa shape index (κ1) is 37.5. The van der Waals surface area contributed by atoms with Gasteiger partial charge in [-0.2, -0.15) is 0 Å². The number of benzene rings is 3. The molecule has 2 atom stereocenters. The van der Waals surface area contributed by atoms with Gasteiger partial charge in [0.1, 0.15) is 5.75 Å². The Bertz CT molecular complexity index is 1810. The van der Waals surface area contributed by atoms with Gasteiger partial charge in [-0.05, 0) is 105 Å². The molecule has 1 saturated heterocycles. The summed E-state index contributed by atoms with van der Waals surface area (Å²) >= 11 is 18.7. The molecule has 2 heterocycles. The van der Waals surface area contributed by atoms with Crippen LogP contribution in [-0.2, 0) is 22.5 Å². The molecule has 0 aromatic heterocycles. The third kappa shape index (κ3) is 8.07. The fraction of sp³-hybridized carbons (Fsp3) is 0.463. The number of ether oxygens (including phenoxy) is 2. The Balaban J connectivity index is 1.33. The summed E-state index contributed by atoms with van der Waals surface area (Å²) in [4.78, 5) is 32.7. The second kappa shape index (κ2) is 15.0. The van der Waals surface area contributed by atoms with E-state index in [4.69, 9.17) is 44.3 Å². The minimum atomic E-state index is -1.84. The van der Waals surface area contributed by atoms with Crippen LogP contribution in [0.1, 0.15) is 72.1 Å². The highest BCUT2D eigenvalue weighted by atomic mass is 35.6. The molecule has 1 N–H and O–H groups in total. The SMILES string of the molecule is Cc1ccccc1CN(C(=O)C1=C(c2ccc(CCOc3c(C)ccc(C)c3C)cc2)CC2CNCC1N2C(=O)OC(C)(C)C(Cl)(Cl)Cl)C1CC1. The van der Waals surface area contributed by atoms with E-state index in [1.165, 1.54) is 11.1 Å². The number of rotatable bonds is 10. The molecular formula is C41H48Cl3N3O4. The van der Waals surface area contributed by atoms with Gasteiger partial charge in [0.15, 0.2) is 5.60 Å². The summed E-state index contributed by atoms with van der Waals surface area (Å²) in [6.07, 6.45) is 2.53. The van der Waals surface area contributed by atoms with Gasteiger partial charge in [0.2, 0.25) is 3.79 Å². The van der Waals surface area contributed by atoms with Crippen molar-refractivity contribution in [1.29, 1.82) is 0 Å². The molecular weight excluding hydrogens is 705 g/mol. The van der Waals surface area contributed by atoms with Gasteiger partial charge in [0, 0.05) is 37.7 Å². The maximum atomic E-state index is 15.0. The number of fused-ring (bicyclic) bond motifs is 2. The van der Waals surface area contributed by atoms with Crippen molar-refractivity contribution >= 4 is 52.4 Å². The molecule has 7 nitrogen and oxygen atoms in total. The van der Waals surface area contributed by atoms with Crippen LogP contribution in [0.4, 0.5) is 4.79 Å². The van der Waals surface area contributed by atoms with Crippen LogP contribution in [0, 0.1) is 27.7 Å². The van der Waals surface area contributed by atoms with Crippen LogP contribution >= 0.6 is 34.8 Å². The topological polar surface area (TPSA) is 71.1 Å². The molecule has 3 aliphatic rings. The summed E-state index contributed by atoms with van der Waals surface area (Å²) in [5, 5.41) is 3.47. The lowest BCUT2D eigenvalue weighted by Gasteiger charge is -2.48. The monoisotopic (exact) mass is 751 g/mol. The Labute approximate surface area is 317 Å². The number of hydrogen-bond donors (Lipinski definition) is 1. The lowest BCUT2D eigenvalue weighted by molar-refractivity contribution is -0.129. The molecule has 51 heavy (non-hydrogen) atoms. The molecule has 10 heteroatoms. The smallest absolute Gasteiger partial charge is 0.411 e. The molecule has 2 amide bonds. The summed E-state index contributed by atoms with van der Waals surface area (Å²) in [7, 11) is 0. The van der Waals surface area contributed by atoms with E-state index in [1.54, 1.807) is 18.7 Å². The van der Waals surface area contributed by atoms with Crippen molar-refractivity contribution in [3.63, 3.8) is 0 Å². The molecule has 2 aliphatic heterocycles. The lowest BCUT2D eigenvalue weighted by atomic mass is 9.81. The summed E-state index contributed by atoms with van der Waals surface area (Å²) in [5.74, 6) is 0.899. The van der Waals surface area contributed by atoms with Crippen LogP contribution in [0.5, 0.6) is 5.75 Å². The number of carbonyl (C=O) groups excluding carboxylic acids is 2. The van der Waals surface area contributed by atoms with Crippen molar-refractivity contribution in [1.82, 2.24) is 15.1 Å². The van der Waals surface area contributed by atoms with Crippen LogP contribution in [0.15, 0.2) is 66.2 Å². The molecule has 6 rings (SSSR count). The predicted molar refractivity (Wildman–Crippen MR) is 206 cm³/mol. The maximum absolute atomic E-state index is 15.0. The van der Waals surface area contributed by atoms with Crippen LogP contribution in [-0.4, -0.2) is 69.0 Å². The third-order valence-electron chi connectivity index (χ3n) is 10.7. The van der Waals surface area contributed by atoms with Gasteiger partial charge in [-0.15, -0.1) is 0 Å². The van der Waals surface area contributed by atoms with Crippen molar-refractivity contribution in [2.45, 2.75) is 101 Å². The fourth-order valence-corrected chi connectivity index (χ4v) is 7.23. The van der Waals surface area contributed by atoms with Crippen molar-refractivity contribution in [2.75, 3.05) is 19.7 Å². The molecule has 1 aliphatic carbocycles. The average molecular weight is 753 g/mol. The largest absolute Gasteiger partial charge is 0.493 e. The summed E-state index contributed by atoms with van der Waals surface area (Å²) in [5.41, 5.74) is 8.07. The van der Waals surface area contributed by atoms with Gasteiger partial charge >= 0.3 is 6.09 Å². The van der Waals surface area contributed by atoms with Gasteiger partial charge in [-0.1, -0.05) is 95.5 Å². The molecule has 1 saturated carbocycles. The van der Waals surface area contributed by atoms with Crippen molar-refractivity contribution in [3.8, 4) is 5.75 Å². The van der Waals surface area contributed by atoms with Crippen molar-refractivity contribution < 1.29 is 19.1 Å². The number of nitrogens with one attached hydrogen (secondary N) is 1. The molecule has 0 radical (unpaired) electrons. The number of carbonyl (C=O) groups is 2. The first-order valence-corrected chi connectivity index (χ1v) is 19.0. The first-order chi connectivity index (χ1) is 24.2. The fourth-order valence-electron chi connectivity index (χ4n) is 7.12. The van der Waals surface area contributed by atoms with E-state index in [0.717, 1.165) is 58.4 Å². The van der Waals surface area contributed by atoms with Crippen molar-refractivity contribution in [2.24, 2.45) is 0 Å². The van der Waals surface area contributed by atoms with Crippen LogP contribution in [0.2, 0.25) is 0 Å². The maximum Gasteiger partial charge on any atom is 0.411 e. The second-order valence-corrected chi connectivity index (χ2v) is 17.0. The molecule has 2 unspecified atom stereocenters. The lowest BCUT2D eigenvalue weighted by Crippen LogP contribution is -2.64. The minimum absolute atomic E-state index is 0.0530. The third-order valence-corrected chi connectivity index (χ3v) is 12.0. The van der Waals surface area contributed by atoms with Gasteiger partial charge in [-0.25, -0.2) is 4.79 Å². The quantitative estimate of drug-likeness (QED) is 0.210. The zero-order chi connectivity index (χ0) is 36.7. The molecule has 2 bridgehead atoms. The Morgan fingerprint density at radius 2 is 1.59 bits per heavy atom. The van der Waals surface area contributed by atoms with Gasteiger partial charge in [0.25, 0.3) is 5.91 Å². The van der Waals surface area contributed by atoms with Crippen LogP contribution in [0.3, 0.4) is 0 Å². The number of aryl methyl sites for hydroxylation is 3. The zero-order valence-corrected chi connectivity index (χ0v) is 32.6. The summed E-state index contributed by atoms with van der Waals surface area (Å²) in [6, 6.07) is 20.2. The highest BCUT2D eigenvalue weighted by Gasteiger charge is 2.50. The van der Waals surface area contributed by atoms with Gasteiger partial charge in [-0.3, -0.25) is 9.69 Å². The van der Waals surface area contributed by atoms with Crippen LogP contribution in [0.25, 0.3) is 5.57 Å². The number of amides is 2. The van der Waals surface area contributed by atoms with Crippen LogP contribution < -0.4 is 10.1 Å². The molecule has 3 aromatic carbocycles. The normalized spacial score (nSPS) is 19.2. The van der Waals surface area contributed by atoms with E-state index in [0.29, 0.717) is 38.2 Å². The molecule has 272 valence electrons. The van der Waals surface area contributed by atoms with Gasteiger partial charge in [0.05, 0.1) is 18.7 Å². The van der Waals surface area contributed by atoms with E-state index in [2.05, 4.69) is 81.5 Å². The summed E-state index contributed by atoms with van der Waals surface area (Å²) in [6.45, 7) is 13.5. The number of alkyl halides is 3. The standard InChI is InChI=1S/C41H48Cl3N3O4/c1-25-11-12-27(3)37(28(25)4)50-20-19-29-13-15-30(16-14-29)34-21-33-22-45-23-35(47(33)39(49)51-40(5,6)41(42,43)44)36(34)38(48)46(32-17-18-32)24-31-10-8-7-9-26(31)2/h7-16,32-33,35,45H,17-24H2,1-6H3. The summed E-state index contributed by atoms with van der Waals surface area (Å²) < 4.78 is 10.3. The van der Waals surface area contributed by atoms with Crippen molar-refractivity contribution in [3.05, 3.63) is 105 Å². The van der Waals surface area contributed by atoms with E-state index in [-0.39, 0.29) is 18.0 Å². The molecule has 2 fully saturated rings. The van der Waals surface area contributed by atoms with E-state index in [9.17, 15) is 9.59 Å². The number of halogens is 3. The second-order valence-electron chi connectivity index (χ2n) is 14.7. The Kier molecular flexibility index (Phi) is 11.1. The zero-order valence-electron chi connectivity index (χ0n) is 30.3. The first-order valence-electron chi connectivity index (χ1n) is 17.8. The molecule has 0 spiro atoms. The highest BCUT2D eigenvalue weighted by molar-refractivity contribution is 6.68. The number of hydrogen-bond acceptors (Lipinski definition) is 5. The van der Waals surface area contributed by atoms with E-state index < -0.39 is 21.5 Å². The van der Waals surface area contributed by atoms with Gasteiger partial charge < -0.3 is 19.7 Å². The molecule has 3 aromatic rings. The number of piperazine rings is 1. The Hall–Kier alpha value is -3.23. The Morgan fingerprint density at radius 3 is 2.25 bits per heavy atom. The average Bonchev–Trinajstić information content (AvgIpc) is 3.92. The number of nitrogens with zero attached hydrogens (tertiary/aromatic N) is 2. The minimum Gasteiger partial charge on any atom is -0.493 e. The predicted octanol–water partition coefficient (Wildman–Crippen LogP) is 8.82. The Morgan fingerprint density at radius 1 is 0.902 bits per heavy atom. The highest BCUT2D eigenvalue weighted by Crippen LogP contribution is 2.43.